The average Bonchev–Trinajstić information content (AvgIpc) is 2.97. The van der Waals surface area contributed by atoms with Crippen molar-refractivity contribution in [3.8, 4) is 17.2 Å². The molecule has 0 aliphatic heterocycles. The first-order valence-corrected chi connectivity index (χ1v) is 8.52. The van der Waals surface area contributed by atoms with Gasteiger partial charge in [0.2, 0.25) is 0 Å². The third-order valence-electron chi connectivity index (χ3n) is 4.73. The van der Waals surface area contributed by atoms with Gasteiger partial charge in [0.05, 0.1) is 23.4 Å². The Balaban J connectivity index is 1.77. The van der Waals surface area contributed by atoms with Gasteiger partial charge >= 0.3 is 5.97 Å². The van der Waals surface area contributed by atoms with Crippen LogP contribution in [0.5, 0.6) is 5.75 Å². The number of pyridine rings is 1. The molecule has 1 aliphatic carbocycles. The maximum atomic E-state index is 11.2. The highest BCUT2D eigenvalue weighted by molar-refractivity contribution is 5.70. The molecule has 2 heterocycles. The molecule has 1 fully saturated rings. The largest absolute Gasteiger partial charge is 0.489 e. The Labute approximate surface area is 146 Å². The fourth-order valence-electron chi connectivity index (χ4n) is 3.29. The van der Waals surface area contributed by atoms with Crippen LogP contribution < -0.4 is 10.5 Å². The van der Waals surface area contributed by atoms with Crippen molar-refractivity contribution in [3.63, 3.8) is 0 Å². The van der Waals surface area contributed by atoms with E-state index in [9.17, 15) is 9.90 Å². The number of hydrogen-bond donors (Lipinski definition) is 2. The molecule has 1 saturated carbocycles. The number of aromatic nitrogens is 2. The highest BCUT2D eigenvalue weighted by Crippen LogP contribution is 2.31. The summed E-state index contributed by atoms with van der Waals surface area (Å²) in [5.41, 5.74) is 8.76. The van der Waals surface area contributed by atoms with E-state index in [0.717, 1.165) is 36.2 Å². The molecular weight excluding hydrogens is 322 g/mol. The lowest BCUT2D eigenvalue weighted by atomic mass is 9.87. The van der Waals surface area contributed by atoms with Gasteiger partial charge in [-0.15, -0.1) is 0 Å². The van der Waals surface area contributed by atoms with E-state index in [1.54, 1.807) is 0 Å². The van der Waals surface area contributed by atoms with Crippen LogP contribution in [0.2, 0.25) is 0 Å². The fraction of sp³-hybridized carbons (Fsp3) is 0.500. The van der Waals surface area contributed by atoms with E-state index in [-0.39, 0.29) is 12.0 Å². The number of aliphatic carboxylic acids is 1. The van der Waals surface area contributed by atoms with Crippen molar-refractivity contribution in [2.45, 2.75) is 52.2 Å². The van der Waals surface area contributed by atoms with E-state index >= 15 is 0 Å². The lowest BCUT2D eigenvalue weighted by molar-refractivity contribution is -0.143. The molecule has 1 aliphatic rings. The zero-order valence-electron chi connectivity index (χ0n) is 14.5. The molecule has 0 saturated heterocycles. The quantitative estimate of drug-likeness (QED) is 0.857. The minimum Gasteiger partial charge on any atom is -0.489 e. The Morgan fingerprint density at radius 2 is 2.16 bits per heavy atom. The van der Waals surface area contributed by atoms with Gasteiger partial charge in [-0.3, -0.25) is 4.79 Å². The van der Waals surface area contributed by atoms with Crippen LogP contribution in [0, 0.1) is 19.8 Å². The number of carbonyl (C=O) groups is 1. The molecule has 3 N–H and O–H groups in total. The van der Waals surface area contributed by atoms with Crippen LogP contribution in [-0.2, 0) is 11.3 Å². The number of aryl methyl sites for hydroxylation is 2. The van der Waals surface area contributed by atoms with Gasteiger partial charge in [-0.05, 0) is 51.7 Å². The molecule has 0 spiro atoms. The van der Waals surface area contributed by atoms with Crippen molar-refractivity contribution in [2.24, 2.45) is 11.7 Å². The molecule has 3 rings (SSSR count). The van der Waals surface area contributed by atoms with Crippen LogP contribution in [-0.4, -0.2) is 27.3 Å². The smallest absolute Gasteiger partial charge is 0.306 e. The van der Waals surface area contributed by atoms with Gasteiger partial charge < -0.3 is 20.1 Å². The van der Waals surface area contributed by atoms with Gasteiger partial charge in [-0.2, -0.15) is 0 Å². The topological polar surface area (TPSA) is 111 Å². The van der Waals surface area contributed by atoms with E-state index in [4.69, 9.17) is 15.0 Å². The zero-order valence-corrected chi connectivity index (χ0v) is 14.5. The van der Waals surface area contributed by atoms with Crippen molar-refractivity contribution in [1.29, 1.82) is 0 Å². The van der Waals surface area contributed by atoms with Crippen LogP contribution in [0.25, 0.3) is 11.5 Å². The third kappa shape index (κ3) is 3.66. The second-order valence-electron chi connectivity index (χ2n) is 6.50. The molecular formula is C18H23N3O4. The van der Waals surface area contributed by atoms with E-state index in [1.165, 1.54) is 0 Å². The van der Waals surface area contributed by atoms with Gasteiger partial charge in [0.1, 0.15) is 11.4 Å². The lowest BCUT2D eigenvalue weighted by Crippen LogP contribution is -2.29. The van der Waals surface area contributed by atoms with E-state index in [1.807, 2.05) is 26.0 Å². The molecule has 2 aromatic heterocycles. The van der Waals surface area contributed by atoms with Crippen molar-refractivity contribution >= 4 is 5.97 Å². The van der Waals surface area contributed by atoms with Crippen LogP contribution in [0.1, 0.15) is 42.6 Å². The predicted molar refractivity (Wildman–Crippen MR) is 91.1 cm³/mol. The van der Waals surface area contributed by atoms with Gasteiger partial charge in [0.25, 0.3) is 0 Å². The monoisotopic (exact) mass is 345 g/mol. The van der Waals surface area contributed by atoms with Crippen molar-refractivity contribution in [1.82, 2.24) is 10.1 Å². The molecule has 0 aromatic carbocycles. The number of nitrogens with zero attached hydrogens (tertiary/aromatic N) is 2. The first-order valence-electron chi connectivity index (χ1n) is 8.52. The van der Waals surface area contributed by atoms with E-state index in [0.29, 0.717) is 30.2 Å². The molecule has 7 nitrogen and oxygen atoms in total. The summed E-state index contributed by atoms with van der Waals surface area (Å²) in [5.74, 6) is 0.188. The predicted octanol–water partition coefficient (Wildman–Crippen LogP) is 2.83. The van der Waals surface area contributed by atoms with Crippen molar-refractivity contribution in [3.05, 3.63) is 29.1 Å². The van der Waals surface area contributed by atoms with E-state index < -0.39 is 5.97 Å². The molecule has 0 amide bonds. The Morgan fingerprint density at radius 1 is 1.36 bits per heavy atom. The van der Waals surface area contributed by atoms with Gasteiger partial charge in [-0.25, -0.2) is 4.98 Å². The lowest BCUT2D eigenvalue weighted by Gasteiger charge is -2.27. The Kier molecular flexibility index (Phi) is 5.03. The maximum Gasteiger partial charge on any atom is 0.306 e. The minimum absolute atomic E-state index is 0.0895. The van der Waals surface area contributed by atoms with E-state index in [2.05, 4.69) is 10.1 Å². The number of ether oxygens (including phenoxy) is 1. The summed E-state index contributed by atoms with van der Waals surface area (Å²) in [7, 11) is 0. The molecule has 0 bridgehead atoms. The summed E-state index contributed by atoms with van der Waals surface area (Å²) in [6.07, 6.45) is 2.90. The summed E-state index contributed by atoms with van der Waals surface area (Å²) in [6, 6.07) is 3.67. The summed E-state index contributed by atoms with van der Waals surface area (Å²) in [5, 5.41) is 13.1. The zero-order chi connectivity index (χ0) is 18.0. The second-order valence-corrected chi connectivity index (χ2v) is 6.50. The first-order chi connectivity index (χ1) is 12.0. The van der Waals surface area contributed by atoms with Crippen molar-refractivity contribution < 1.29 is 19.2 Å². The van der Waals surface area contributed by atoms with Crippen LogP contribution in [0.4, 0.5) is 0 Å². The van der Waals surface area contributed by atoms with Gasteiger partial charge in [-0.1, -0.05) is 5.16 Å². The number of carboxylic acid groups (broad SMARTS) is 1. The van der Waals surface area contributed by atoms with Crippen LogP contribution >= 0.6 is 0 Å². The molecule has 7 heteroatoms. The van der Waals surface area contributed by atoms with Gasteiger partial charge in [0, 0.05) is 12.1 Å². The minimum atomic E-state index is -0.742. The van der Waals surface area contributed by atoms with Gasteiger partial charge in [0.15, 0.2) is 5.76 Å². The second kappa shape index (κ2) is 7.23. The maximum absolute atomic E-state index is 11.2. The summed E-state index contributed by atoms with van der Waals surface area (Å²) in [6.45, 7) is 4.05. The molecule has 2 aromatic rings. The Morgan fingerprint density at radius 3 is 2.84 bits per heavy atom. The molecule has 25 heavy (non-hydrogen) atoms. The average molecular weight is 345 g/mol. The SMILES string of the molecule is Cc1nc(-c2onc(C)c2CN)ccc1O[C@H]1CCC[C@H](C(=O)O)C1. The number of rotatable bonds is 5. The summed E-state index contributed by atoms with van der Waals surface area (Å²) < 4.78 is 11.4. The van der Waals surface area contributed by atoms with Crippen LogP contribution in [0.3, 0.4) is 0 Å². The Bertz CT molecular complexity index is 772. The molecule has 134 valence electrons. The highest BCUT2D eigenvalue weighted by Gasteiger charge is 2.28. The number of carboxylic acids is 1. The third-order valence-corrected chi connectivity index (χ3v) is 4.73. The first kappa shape index (κ1) is 17.4. The molecule has 0 unspecified atom stereocenters. The number of nitrogens with two attached hydrogens (primary N) is 1. The standard InChI is InChI=1S/C18H23N3O4/c1-10-14(9-19)17(25-21-10)15-6-7-16(11(2)20-15)24-13-5-3-4-12(8-13)18(22)23/h6-7,12-13H,3-5,8-9,19H2,1-2H3,(H,22,23)/t12-,13-/m0/s1. The Hall–Kier alpha value is -2.41. The summed E-state index contributed by atoms with van der Waals surface area (Å²) >= 11 is 0. The highest BCUT2D eigenvalue weighted by atomic mass is 16.5. The fourth-order valence-corrected chi connectivity index (χ4v) is 3.29. The van der Waals surface area contributed by atoms with Crippen molar-refractivity contribution in [2.75, 3.05) is 0 Å². The van der Waals surface area contributed by atoms with Crippen LogP contribution in [0.15, 0.2) is 16.7 Å². The normalized spacial score (nSPS) is 20.4. The molecule has 2 atom stereocenters. The molecule has 0 radical (unpaired) electrons. The number of hydrogen-bond acceptors (Lipinski definition) is 6. The summed E-state index contributed by atoms with van der Waals surface area (Å²) in [4.78, 5) is 15.7.